The highest BCUT2D eigenvalue weighted by atomic mass is 32.2. The predicted molar refractivity (Wildman–Crippen MR) is 155 cm³/mol. The maximum absolute atomic E-state index is 13.4. The first-order valence-corrected chi connectivity index (χ1v) is 17.0. The van der Waals surface area contributed by atoms with Gasteiger partial charge in [-0.2, -0.15) is 16.8 Å². The van der Waals surface area contributed by atoms with Gasteiger partial charge in [0.25, 0.3) is 20.2 Å². The van der Waals surface area contributed by atoms with Crippen molar-refractivity contribution in [3.8, 4) is 0 Å². The van der Waals surface area contributed by atoms with Crippen LogP contribution >= 0.6 is 0 Å². The number of benzene rings is 2. The summed E-state index contributed by atoms with van der Waals surface area (Å²) in [6.45, 7) is 11.5. The molecule has 2 aromatic carbocycles. The van der Waals surface area contributed by atoms with E-state index < -0.39 is 44.0 Å². The minimum atomic E-state index is -4.27. The molecule has 2 fully saturated rings. The lowest BCUT2D eigenvalue weighted by Crippen LogP contribution is -2.37. The molecule has 2 aliphatic rings. The van der Waals surface area contributed by atoms with E-state index in [0.717, 1.165) is 11.1 Å². The highest BCUT2D eigenvalue weighted by Crippen LogP contribution is 2.32. The molecule has 0 unspecified atom stereocenters. The first-order chi connectivity index (χ1) is 19.5. The standard InChI is InChI=1S/C30H42O10S2/c1-21-7-13-25(14-8-21)41(31,32)39-27(17-11-23-19-35-29(3,4)37-23)28(18-12-24-20-36-30(5,6)38-24)40-42(33,34)26-15-9-22(2)10-16-26/h7-10,13-16,23-24,27-28H,11-12,17-20H2,1-6H3/t23-,24-,27+,28+/m1/s1. The average molecular weight is 627 g/mol. The Bertz CT molecular complexity index is 1290. The smallest absolute Gasteiger partial charge is 0.297 e. The van der Waals surface area contributed by atoms with Crippen LogP contribution in [0.3, 0.4) is 0 Å². The Hall–Kier alpha value is -1.90. The van der Waals surface area contributed by atoms with Gasteiger partial charge in [-0.1, -0.05) is 35.4 Å². The molecule has 42 heavy (non-hydrogen) atoms. The molecule has 234 valence electrons. The number of hydrogen-bond donors (Lipinski definition) is 0. The number of rotatable bonds is 13. The van der Waals surface area contributed by atoms with Crippen molar-refractivity contribution in [1.82, 2.24) is 0 Å². The lowest BCUT2D eigenvalue weighted by molar-refractivity contribution is -0.141. The van der Waals surface area contributed by atoms with Gasteiger partial charge in [-0.3, -0.25) is 8.37 Å². The van der Waals surface area contributed by atoms with Gasteiger partial charge in [0.2, 0.25) is 0 Å². The van der Waals surface area contributed by atoms with E-state index in [1.165, 1.54) is 24.3 Å². The van der Waals surface area contributed by atoms with Crippen LogP contribution in [0.1, 0.15) is 64.5 Å². The van der Waals surface area contributed by atoms with E-state index in [2.05, 4.69) is 0 Å². The van der Waals surface area contributed by atoms with E-state index in [0.29, 0.717) is 26.1 Å². The molecule has 2 aromatic rings. The fourth-order valence-corrected chi connectivity index (χ4v) is 7.20. The van der Waals surface area contributed by atoms with Gasteiger partial charge in [0, 0.05) is 0 Å². The molecule has 0 aromatic heterocycles. The SMILES string of the molecule is Cc1ccc(S(=O)(=O)O[C@@H](CC[C@@H]2COC(C)(C)O2)[C@H](CC[C@@H]2COC(C)(C)O2)OS(=O)(=O)c2ccc(C)cc2)cc1. The minimum Gasteiger partial charge on any atom is -0.348 e. The second-order valence-electron chi connectivity index (χ2n) is 11.9. The van der Waals surface area contributed by atoms with Crippen LogP contribution in [0.25, 0.3) is 0 Å². The number of hydrogen-bond acceptors (Lipinski definition) is 10. The maximum atomic E-state index is 13.4. The Morgan fingerprint density at radius 2 is 1.00 bits per heavy atom. The van der Waals surface area contributed by atoms with Crippen LogP contribution in [-0.2, 0) is 47.5 Å². The third kappa shape index (κ3) is 9.06. The van der Waals surface area contributed by atoms with Crippen molar-refractivity contribution >= 4 is 20.2 Å². The fourth-order valence-electron chi connectivity index (χ4n) is 4.95. The molecule has 2 aliphatic heterocycles. The molecule has 0 saturated carbocycles. The van der Waals surface area contributed by atoms with Crippen molar-refractivity contribution < 1.29 is 44.1 Å². The van der Waals surface area contributed by atoms with Gasteiger partial charge in [0.1, 0.15) is 12.2 Å². The quantitative estimate of drug-likeness (QED) is 0.280. The van der Waals surface area contributed by atoms with Gasteiger partial charge < -0.3 is 18.9 Å². The Morgan fingerprint density at radius 3 is 1.29 bits per heavy atom. The topological polar surface area (TPSA) is 124 Å². The Kier molecular flexibility index (Phi) is 10.2. The molecular weight excluding hydrogens is 584 g/mol. The third-order valence-electron chi connectivity index (χ3n) is 7.22. The molecule has 2 saturated heterocycles. The van der Waals surface area contributed by atoms with Gasteiger partial charge in [0.05, 0.1) is 35.2 Å². The second-order valence-corrected chi connectivity index (χ2v) is 15.0. The summed E-state index contributed by atoms with van der Waals surface area (Å²) in [5.41, 5.74) is 1.78. The predicted octanol–water partition coefficient (Wildman–Crippen LogP) is 5.01. The van der Waals surface area contributed by atoms with Crippen LogP contribution in [0.4, 0.5) is 0 Å². The molecule has 0 radical (unpaired) electrons. The Morgan fingerprint density at radius 1 is 0.667 bits per heavy atom. The van der Waals surface area contributed by atoms with Crippen molar-refractivity contribution in [2.75, 3.05) is 13.2 Å². The lowest BCUT2D eigenvalue weighted by atomic mass is 10.0. The summed E-state index contributed by atoms with van der Waals surface area (Å²) >= 11 is 0. The minimum absolute atomic E-state index is 0.0332. The molecule has 10 nitrogen and oxygen atoms in total. The van der Waals surface area contributed by atoms with Crippen molar-refractivity contribution in [2.24, 2.45) is 0 Å². The van der Waals surface area contributed by atoms with Crippen molar-refractivity contribution in [3.63, 3.8) is 0 Å². The maximum Gasteiger partial charge on any atom is 0.297 e. The summed E-state index contributed by atoms with van der Waals surface area (Å²) in [4.78, 5) is -0.0665. The van der Waals surface area contributed by atoms with E-state index in [1.54, 1.807) is 52.0 Å². The van der Waals surface area contributed by atoms with E-state index in [1.807, 2.05) is 13.8 Å². The zero-order valence-corrected chi connectivity index (χ0v) is 26.7. The summed E-state index contributed by atoms with van der Waals surface area (Å²) in [6.07, 6.45) is -1.97. The Balaban J connectivity index is 1.63. The van der Waals surface area contributed by atoms with Crippen LogP contribution in [0, 0.1) is 13.8 Å². The number of ether oxygens (including phenoxy) is 4. The van der Waals surface area contributed by atoms with Crippen molar-refractivity contribution in [2.45, 2.75) is 113 Å². The zero-order chi connectivity index (χ0) is 30.8. The molecule has 0 N–H and O–H groups in total. The third-order valence-corrected chi connectivity index (χ3v) is 9.92. The van der Waals surface area contributed by atoms with Gasteiger partial charge >= 0.3 is 0 Å². The largest absolute Gasteiger partial charge is 0.348 e. The molecule has 0 amide bonds. The van der Waals surface area contributed by atoms with E-state index in [9.17, 15) is 16.8 Å². The summed E-state index contributed by atoms with van der Waals surface area (Å²) < 4.78 is 88.6. The van der Waals surface area contributed by atoms with Gasteiger partial charge in [-0.15, -0.1) is 0 Å². The van der Waals surface area contributed by atoms with Crippen LogP contribution < -0.4 is 0 Å². The lowest BCUT2D eigenvalue weighted by Gasteiger charge is -2.28. The summed E-state index contributed by atoms with van der Waals surface area (Å²) in [7, 11) is -8.55. The fraction of sp³-hybridized carbons (Fsp3) is 0.600. The van der Waals surface area contributed by atoms with E-state index in [-0.39, 0.29) is 34.8 Å². The van der Waals surface area contributed by atoms with Crippen LogP contribution in [0.15, 0.2) is 58.3 Å². The molecule has 4 atom stereocenters. The van der Waals surface area contributed by atoms with E-state index in [4.69, 9.17) is 27.3 Å². The first kappa shape index (κ1) is 33.0. The van der Waals surface area contributed by atoms with Gasteiger partial charge in [0.15, 0.2) is 11.6 Å². The molecule has 12 heteroatoms. The van der Waals surface area contributed by atoms with E-state index >= 15 is 0 Å². The van der Waals surface area contributed by atoms with Crippen LogP contribution in [0.2, 0.25) is 0 Å². The zero-order valence-electron chi connectivity index (χ0n) is 25.1. The Labute approximate surface area is 249 Å². The molecule has 0 bridgehead atoms. The highest BCUT2D eigenvalue weighted by Gasteiger charge is 2.39. The highest BCUT2D eigenvalue weighted by molar-refractivity contribution is 7.87. The van der Waals surface area contributed by atoms with Crippen molar-refractivity contribution in [3.05, 3.63) is 59.7 Å². The van der Waals surface area contributed by atoms with Crippen molar-refractivity contribution in [1.29, 1.82) is 0 Å². The first-order valence-electron chi connectivity index (χ1n) is 14.2. The second kappa shape index (κ2) is 13.0. The summed E-state index contributed by atoms with van der Waals surface area (Å²) in [5.74, 6) is -1.54. The normalized spacial score (nSPS) is 23.6. The molecule has 2 heterocycles. The average Bonchev–Trinajstić information content (AvgIpc) is 3.44. The summed E-state index contributed by atoms with van der Waals surface area (Å²) in [6, 6.07) is 12.5. The molecule has 4 rings (SSSR count). The molecule has 0 aliphatic carbocycles. The monoisotopic (exact) mass is 626 g/mol. The van der Waals surface area contributed by atoms with Crippen LogP contribution in [0.5, 0.6) is 0 Å². The molecule has 0 spiro atoms. The van der Waals surface area contributed by atoms with Gasteiger partial charge in [-0.05, 0) is 91.5 Å². The summed E-state index contributed by atoms with van der Waals surface area (Å²) in [5, 5.41) is 0. The number of aryl methyl sites for hydroxylation is 2. The van der Waals surface area contributed by atoms with Gasteiger partial charge in [-0.25, -0.2) is 0 Å². The van der Waals surface area contributed by atoms with Crippen LogP contribution in [-0.4, -0.2) is 66.0 Å². The molecular formula is C30H42O10S2.